The van der Waals surface area contributed by atoms with Crippen LogP contribution in [0.25, 0.3) is 10.9 Å². The first-order valence-electron chi connectivity index (χ1n) is 4.88. The van der Waals surface area contributed by atoms with E-state index in [4.69, 9.17) is 11.6 Å². The van der Waals surface area contributed by atoms with Gasteiger partial charge in [-0.15, -0.1) is 11.6 Å². The monoisotopic (exact) mass is 237 g/mol. The van der Waals surface area contributed by atoms with E-state index in [2.05, 4.69) is 29.2 Å². The molecule has 0 aliphatic carbocycles. The molecule has 0 saturated heterocycles. The van der Waals surface area contributed by atoms with Crippen molar-refractivity contribution >= 4 is 34.3 Å². The van der Waals surface area contributed by atoms with Gasteiger partial charge in [0.2, 0.25) is 0 Å². The molecule has 0 amide bonds. The summed E-state index contributed by atoms with van der Waals surface area (Å²) in [4.78, 5) is 4.41. The number of benzene rings is 1. The Labute approximate surface area is 98.9 Å². The highest BCUT2D eigenvalue weighted by molar-refractivity contribution is 7.98. The topological polar surface area (TPSA) is 12.9 Å². The van der Waals surface area contributed by atoms with Crippen molar-refractivity contribution in [3.05, 3.63) is 42.1 Å². The van der Waals surface area contributed by atoms with Gasteiger partial charge in [0, 0.05) is 29.0 Å². The van der Waals surface area contributed by atoms with E-state index in [1.807, 2.05) is 24.0 Å². The molecule has 1 heterocycles. The largest absolute Gasteiger partial charge is 0.256 e. The molecule has 0 saturated carbocycles. The quantitative estimate of drug-likeness (QED) is 0.594. The molecule has 1 aromatic heterocycles. The van der Waals surface area contributed by atoms with Crippen molar-refractivity contribution in [1.29, 1.82) is 0 Å². The van der Waals surface area contributed by atoms with Gasteiger partial charge >= 0.3 is 0 Å². The van der Waals surface area contributed by atoms with Crippen LogP contribution in [-0.2, 0) is 5.75 Å². The van der Waals surface area contributed by atoms with Crippen LogP contribution in [0, 0.1) is 0 Å². The van der Waals surface area contributed by atoms with E-state index in [9.17, 15) is 0 Å². The van der Waals surface area contributed by atoms with Gasteiger partial charge in [0.15, 0.2) is 0 Å². The van der Waals surface area contributed by atoms with E-state index in [1.54, 1.807) is 0 Å². The Hall–Kier alpha value is -0.730. The maximum absolute atomic E-state index is 5.65. The van der Waals surface area contributed by atoms with Crippen LogP contribution in [0.15, 0.2) is 36.5 Å². The second-order valence-electron chi connectivity index (χ2n) is 3.23. The van der Waals surface area contributed by atoms with Gasteiger partial charge in [-0.1, -0.05) is 24.3 Å². The summed E-state index contributed by atoms with van der Waals surface area (Å²) in [6.07, 6.45) is 1.85. The number of nitrogens with zero attached hydrogens (tertiary/aromatic N) is 1. The summed E-state index contributed by atoms with van der Waals surface area (Å²) in [5.41, 5.74) is 2.41. The van der Waals surface area contributed by atoms with Crippen LogP contribution in [-0.4, -0.2) is 16.6 Å². The van der Waals surface area contributed by atoms with Crippen molar-refractivity contribution in [1.82, 2.24) is 4.98 Å². The van der Waals surface area contributed by atoms with Crippen molar-refractivity contribution in [2.24, 2.45) is 0 Å². The standard InChI is InChI=1S/C12H12ClNS/c13-6-8-15-9-11-4-1-3-10-5-2-7-14-12(10)11/h1-5,7H,6,8-9H2. The van der Waals surface area contributed by atoms with Crippen LogP contribution in [0.2, 0.25) is 0 Å². The molecular formula is C12H12ClNS. The molecule has 15 heavy (non-hydrogen) atoms. The molecule has 0 aliphatic rings. The third-order valence-electron chi connectivity index (χ3n) is 2.20. The smallest absolute Gasteiger partial charge is 0.0742 e. The molecule has 1 aromatic carbocycles. The summed E-state index contributed by atoms with van der Waals surface area (Å²) in [6.45, 7) is 0. The fraction of sp³-hybridized carbons (Fsp3) is 0.250. The summed E-state index contributed by atoms with van der Waals surface area (Å²) in [5.74, 6) is 2.69. The second kappa shape index (κ2) is 5.38. The summed E-state index contributed by atoms with van der Waals surface area (Å²) in [6, 6.07) is 10.4. The number of hydrogen-bond acceptors (Lipinski definition) is 2. The number of hydrogen-bond donors (Lipinski definition) is 0. The van der Waals surface area contributed by atoms with E-state index in [0.29, 0.717) is 5.88 Å². The lowest BCUT2D eigenvalue weighted by molar-refractivity contribution is 1.34. The highest BCUT2D eigenvalue weighted by Gasteiger charge is 2.00. The first-order valence-corrected chi connectivity index (χ1v) is 6.57. The number of aromatic nitrogens is 1. The van der Waals surface area contributed by atoms with Gasteiger partial charge in [0.25, 0.3) is 0 Å². The summed E-state index contributed by atoms with van der Waals surface area (Å²) in [7, 11) is 0. The first kappa shape index (κ1) is 10.8. The Morgan fingerprint density at radius 3 is 2.93 bits per heavy atom. The first-order chi connectivity index (χ1) is 7.42. The average Bonchev–Trinajstić information content (AvgIpc) is 2.30. The van der Waals surface area contributed by atoms with Crippen LogP contribution in [0.4, 0.5) is 0 Å². The highest BCUT2D eigenvalue weighted by atomic mass is 35.5. The van der Waals surface area contributed by atoms with E-state index < -0.39 is 0 Å². The van der Waals surface area contributed by atoms with Gasteiger partial charge in [-0.3, -0.25) is 4.98 Å². The number of pyridine rings is 1. The third kappa shape index (κ3) is 2.64. The number of alkyl halides is 1. The van der Waals surface area contributed by atoms with Gasteiger partial charge in [-0.2, -0.15) is 11.8 Å². The molecule has 0 fully saturated rings. The summed E-state index contributed by atoms with van der Waals surface area (Å²) < 4.78 is 0. The van der Waals surface area contributed by atoms with Gasteiger partial charge in [0.05, 0.1) is 5.52 Å². The van der Waals surface area contributed by atoms with E-state index >= 15 is 0 Å². The zero-order valence-electron chi connectivity index (χ0n) is 8.32. The zero-order chi connectivity index (χ0) is 10.5. The molecule has 0 aliphatic heterocycles. The maximum Gasteiger partial charge on any atom is 0.0742 e. The number of thioether (sulfide) groups is 1. The van der Waals surface area contributed by atoms with E-state index in [-0.39, 0.29) is 0 Å². The Kier molecular flexibility index (Phi) is 3.87. The molecule has 0 atom stereocenters. The minimum absolute atomic E-state index is 0.711. The summed E-state index contributed by atoms with van der Waals surface area (Å²) in [5, 5.41) is 1.21. The molecule has 1 nitrogen and oxygen atoms in total. The Balaban J connectivity index is 2.26. The van der Waals surface area contributed by atoms with Gasteiger partial charge in [-0.25, -0.2) is 0 Å². The molecule has 0 unspecified atom stereocenters. The molecule has 2 rings (SSSR count). The molecule has 0 radical (unpaired) electrons. The van der Waals surface area contributed by atoms with Crippen molar-refractivity contribution in [2.75, 3.05) is 11.6 Å². The maximum atomic E-state index is 5.65. The third-order valence-corrected chi connectivity index (χ3v) is 3.62. The van der Waals surface area contributed by atoms with E-state index in [1.165, 1.54) is 10.9 Å². The molecule has 0 spiro atoms. The minimum Gasteiger partial charge on any atom is -0.256 e. The fourth-order valence-corrected chi connectivity index (χ4v) is 2.55. The Morgan fingerprint density at radius 2 is 2.07 bits per heavy atom. The van der Waals surface area contributed by atoms with Gasteiger partial charge in [-0.05, 0) is 11.6 Å². The van der Waals surface area contributed by atoms with Gasteiger partial charge < -0.3 is 0 Å². The van der Waals surface area contributed by atoms with Crippen LogP contribution in [0.5, 0.6) is 0 Å². The molecule has 2 aromatic rings. The average molecular weight is 238 g/mol. The molecular weight excluding hydrogens is 226 g/mol. The van der Waals surface area contributed by atoms with Gasteiger partial charge in [0.1, 0.15) is 0 Å². The highest BCUT2D eigenvalue weighted by Crippen LogP contribution is 2.20. The fourth-order valence-electron chi connectivity index (χ4n) is 1.52. The van der Waals surface area contributed by atoms with Crippen LogP contribution < -0.4 is 0 Å². The number of para-hydroxylation sites is 1. The molecule has 3 heteroatoms. The lowest BCUT2D eigenvalue weighted by atomic mass is 10.1. The van der Waals surface area contributed by atoms with Crippen LogP contribution in [0.1, 0.15) is 5.56 Å². The van der Waals surface area contributed by atoms with Crippen molar-refractivity contribution in [2.45, 2.75) is 5.75 Å². The lowest BCUT2D eigenvalue weighted by Gasteiger charge is -2.04. The lowest BCUT2D eigenvalue weighted by Crippen LogP contribution is -1.88. The summed E-state index contributed by atoms with van der Waals surface area (Å²) >= 11 is 7.50. The second-order valence-corrected chi connectivity index (χ2v) is 4.72. The van der Waals surface area contributed by atoms with E-state index in [0.717, 1.165) is 17.0 Å². The minimum atomic E-state index is 0.711. The molecule has 78 valence electrons. The Morgan fingerprint density at radius 1 is 1.20 bits per heavy atom. The Bertz CT molecular complexity index is 439. The van der Waals surface area contributed by atoms with Crippen LogP contribution in [0.3, 0.4) is 0 Å². The SMILES string of the molecule is ClCCSCc1cccc2cccnc12. The predicted octanol–water partition coefficient (Wildman–Crippen LogP) is 3.71. The molecule has 0 N–H and O–H groups in total. The zero-order valence-corrected chi connectivity index (χ0v) is 9.89. The number of fused-ring (bicyclic) bond motifs is 1. The predicted molar refractivity (Wildman–Crippen MR) is 68.6 cm³/mol. The van der Waals surface area contributed by atoms with Crippen molar-refractivity contribution in [3.63, 3.8) is 0 Å². The number of halogens is 1. The van der Waals surface area contributed by atoms with Crippen molar-refractivity contribution < 1.29 is 0 Å². The van der Waals surface area contributed by atoms with Crippen molar-refractivity contribution in [3.8, 4) is 0 Å². The van der Waals surface area contributed by atoms with Crippen LogP contribution >= 0.6 is 23.4 Å². The molecule has 0 bridgehead atoms. The number of rotatable bonds is 4. The normalized spacial score (nSPS) is 10.7.